The second-order valence-corrected chi connectivity index (χ2v) is 4.86. The van der Waals surface area contributed by atoms with E-state index in [2.05, 4.69) is 26.1 Å². The third-order valence-electron chi connectivity index (χ3n) is 4.33. The molecule has 3 atom stereocenters. The van der Waals surface area contributed by atoms with Crippen molar-refractivity contribution in [3.8, 4) is 0 Å². The smallest absolute Gasteiger partial charge is 0.0765 e. The Morgan fingerprint density at radius 1 is 1.17 bits per heavy atom. The summed E-state index contributed by atoms with van der Waals surface area (Å²) >= 11 is 0. The number of ether oxygens (including phenoxy) is 1. The lowest BCUT2D eigenvalue weighted by atomic mass is 9.64. The van der Waals surface area contributed by atoms with Gasteiger partial charge in [-0.3, -0.25) is 0 Å². The van der Waals surface area contributed by atoms with E-state index in [4.69, 9.17) is 4.74 Å². The van der Waals surface area contributed by atoms with E-state index in [-0.39, 0.29) is 11.0 Å². The number of hydrogen-bond acceptors (Lipinski definition) is 2. The minimum Gasteiger partial charge on any atom is -0.372 e. The van der Waals surface area contributed by atoms with Crippen LogP contribution in [0.1, 0.15) is 33.6 Å². The summed E-state index contributed by atoms with van der Waals surface area (Å²) in [5.41, 5.74) is 0.459. The number of nitrogens with one attached hydrogen (secondary N) is 1. The summed E-state index contributed by atoms with van der Waals surface area (Å²) in [6.45, 7) is 6.91. The molecule has 0 aromatic rings. The molecule has 2 fully saturated rings. The van der Waals surface area contributed by atoms with Crippen molar-refractivity contribution in [1.29, 1.82) is 0 Å². The molecule has 0 aromatic carbocycles. The number of fused-ring (bicyclic) bond motifs is 2. The Morgan fingerprint density at radius 2 is 1.75 bits per heavy atom. The van der Waals surface area contributed by atoms with Gasteiger partial charge in [0.1, 0.15) is 0 Å². The van der Waals surface area contributed by atoms with Crippen LogP contribution in [0.4, 0.5) is 0 Å². The molecule has 0 aliphatic carbocycles. The summed E-state index contributed by atoms with van der Waals surface area (Å²) in [5.74, 6) is 0. The second-order valence-electron chi connectivity index (χ2n) is 4.86. The van der Waals surface area contributed by atoms with Crippen LogP contribution in [0.25, 0.3) is 0 Å². The first kappa shape index (κ1) is 8.52. The van der Waals surface area contributed by atoms with Crippen molar-refractivity contribution in [3.63, 3.8) is 0 Å². The average molecular weight is 169 g/mol. The van der Waals surface area contributed by atoms with Crippen LogP contribution in [0.5, 0.6) is 0 Å². The predicted molar refractivity (Wildman–Crippen MR) is 49.1 cm³/mol. The molecule has 1 N–H and O–H groups in total. The second kappa shape index (κ2) is 2.24. The van der Waals surface area contributed by atoms with Crippen LogP contribution < -0.4 is 5.32 Å². The lowest BCUT2D eigenvalue weighted by Gasteiger charge is -2.44. The van der Waals surface area contributed by atoms with E-state index >= 15 is 0 Å². The fraction of sp³-hybridized carbons (Fsp3) is 1.00. The monoisotopic (exact) mass is 169 g/mol. The summed E-state index contributed by atoms with van der Waals surface area (Å²) < 4.78 is 5.93. The van der Waals surface area contributed by atoms with Crippen molar-refractivity contribution in [2.75, 3.05) is 7.05 Å². The molecule has 2 saturated heterocycles. The molecule has 0 unspecified atom stereocenters. The maximum absolute atomic E-state index is 5.93. The van der Waals surface area contributed by atoms with Gasteiger partial charge in [0, 0.05) is 11.0 Å². The minimum atomic E-state index is 0.177. The largest absolute Gasteiger partial charge is 0.372 e. The first-order valence-electron chi connectivity index (χ1n) is 4.87. The quantitative estimate of drug-likeness (QED) is 0.643. The van der Waals surface area contributed by atoms with Crippen LogP contribution in [0.15, 0.2) is 0 Å². The van der Waals surface area contributed by atoms with Gasteiger partial charge in [0.05, 0.1) is 12.2 Å². The zero-order valence-electron chi connectivity index (χ0n) is 8.48. The number of likely N-dealkylation sites (N-methyl/N-ethyl adjacent to an activating group) is 1. The Balaban J connectivity index is 2.34. The average Bonchev–Trinajstić information content (AvgIpc) is 2.55. The SMILES string of the molecule is CN[C@@]1(C)[C@H]2CC[C@H](O2)C1(C)C. The number of rotatable bonds is 1. The fourth-order valence-corrected chi connectivity index (χ4v) is 2.83. The molecule has 0 saturated carbocycles. The van der Waals surface area contributed by atoms with Crippen LogP contribution >= 0.6 is 0 Å². The standard InChI is InChI=1S/C10H19NO/c1-9(2)7-5-6-8(12-7)10(9,3)11-4/h7-8,11H,5-6H2,1-4H3/t7-,8+,10-/m0/s1. The molecule has 12 heavy (non-hydrogen) atoms. The van der Waals surface area contributed by atoms with Gasteiger partial charge >= 0.3 is 0 Å². The maximum atomic E-state index is 5.93. The topological polar surface area (TPSA) is 21.3 Å². The molecule has 2 bridgehead atoms. The fourth-order valence-electron chi connectivity index (χ4n) is 2.83. The van der Waals surface area contributed by atoms with Crippen molar-refractivity contribution in [3.05, 3.63) is 0 Å². The highest BCUT2D eigenvalue weighted by molar-refractivity contribution is 5.14. The molecule has 2 aliphatic heterocycles. The van der Waals surface area contributed by atoms with Gasteiger partial charge in [0.25, 0.3) is 0 Å². The van der Waals surface area contributed by atoms with Crippen molar-refractivity contribution >= 4 is 0 Å². The molecule has 0 spiro atoms. The summed E-state index contributed by atoms with van der Waals surface area (Å²) in [6.07, 6.45) is 3.38. The Morgan fingerprint density at radius 3 is 2.08 bits per heavy atom. The molecular weight excluding hydrogens is 150 g/mol. The van der Waals surface area contributed by atoms with Crippen molar-refractivity contribution in [2.45, 2.75) is 51.4 Å². The highest BCUT2D eigenvalue weighted by Gasteiger charge is 2.61. The highest BCUT2D eigenvalue weighted by Crippen LogP contribution is 2.53. The number of hydrogen-bond donors (Lipinski definition) is 1. The van der Waals surface area contributed by atoms with Gasteiger partial charge in [0.2, 0.25) is 0 Å². The van der Waals surface area contributed by atoms with Gasteiger partial charge in [-0.05, 0) is 26.8 Å². The predicted octanol–water partition coefficient (Wildman–Crippen LogP) is 1.55. The van der Waals surface area contributed by atoms with Crippen LogP contribution in [-0.4, -0.2) is 24.8 Å². The van der Waals surface area contributed by atoms with Crippen molar-refractivity contribution < 1.29 is 4.74 Å². The molecule has 0 amide bonds. The van der Waals surface area contributed by atoms with Gasteiger partial charge in [-0.2, -0.15) is 0 Å². The Labute approximate surface area is 74.7 Å². The van der Waals surface area contributed by atoms with Crippen LogP contribution in [0.2, 0.25) is 0 Å². The zero-order valence-corrected chi connectivity index (χ0v) is 8.48. The minimum absolute atomic E-state index is 0.177. The lowest BCUT2D eigenvalue weighted by molar-refractivity contribution is 0.0734. The molecule has 2 heterocycles. The summed E-state index contributed by atoms with van der Waals surface area (Å²) in [5, 5.41) is 3.44. The van der Waals surface area contributed by atoms with Gasteiger partial charge in [-0.25, -0.2) is 0 Å². The van der Waals surface area contributed by atoms with Crippen LogP contribution in [-0.2, 0) is 4.74 Å². The van der Waals surface area contributed by atoms with E-state index in [0.29, 0.717) is 12.2 Å². The first-order chi connectivity index (χ1) is 5.52. The van der Waals surface area contributed by atoms with E-state index in [1.807, 2.05) is 7.05 Å². The molecule has 2 aliphatic rings. The van der Waals surface area contributed by atoms with E-state index in [9.17, 15) is 0 Å². The summed E-state index contributed by atoms with van der Waals surface area (Å²) in [7, 11) is 2.05. The van der Waals surface area contributed by atoms with E-state index < -0.39 is 0 Å². The molecule has 0 aromatic heterocycles. The molecule has 2 nitrogen and oxygen atoms in total. The van der Waals surface area contributed by atoms with E-state index in [1.54, 1.807) is 0 Å². The van der Waals surface area contributed by atoms with Gasteiger partial charge < -0.3 is 10.1 Å². The van der Waals surface area contributed by atoms with E-state index in [0.717, 1.165) is 0 Å². The van der Waals surface area contributed by atoms with Gasteiger partial charge in [0.15, 0.2) is 0 Å². The summed E-state index contributed by atoms with van der Waals surface area (Å²) in [6, 6.07) is 0. The Hall–Kier alpha value is -0.0800. The Kier molecular flexibility index (Phi) is 1.59. The first-order valence-corrected chi connectivity index (χ1v) is 4.87. The maximum Gasteiger partial charge on any atom is 0.0765 e. The molecule has 2 rings (SSSR count). The molecule has 70 valence electrons. The molecule has 0 radical (unpaired) electrons. The zero-order chi connectivity index (χ0) is 8.98. The van der Waals surface area contributed by atoms with Crippen LogP contribution in [0.3, 0.4) is 0 Å². The van der Waals surface area contributed by atoms with Crippen molar-refractivity contribution in [1.82, 2.24) is 5.32 Å². The van der Waals surface area contributed by atoms with Crippen LogP contribution in [0, 0.1) is 5.41 Å². The van der Waals surface area contributed by atoms with Gasteiger partial charge in [-0.15, -0.1) is 0 Å². The van der Waals surface area contributed by atoms with E-state index in [1.165, 1.54) is 12.8 Å². The third-order valence-corrected chi connectivity index (χ3v) is 4.33. The van der Waals surface area contributed by atoms with Crippen molar-refractivity contribution in [2.24, 2.45) is 5.41 Å². The highest BCUT2D eigenvalue weighted by atomic mass is 16.5. The Bertz CT molecular complexity index is 202. The molecule has 2 heteroatoms. The van der Waals surface area contributed by atoms with Gasteiger partial charge in [-0.1, -0.05) is 13.8 Å². The summed E-state index contributed by atoms with van der Waals surface area (Å²) in [4.78, 5) is 0. The third kappa shape index (κ3) is 0.728. The normalized spacial score (nSPS) is 50.0. The molecular formula is C10H19NO. The lowest BCUT2D eigenvalue weighted by Crippen LogP contribution is -2.59.